The minimum absolute atomic E-state index is 0.169. The first-order valence-electron chi connectivity index (χ1n) is 9.37. The average molecular weight is 410 g/mol. The number of ether oxygens (including phenoxy) is 1. The Kier molecular flexibility index (Phi) is 5.80. The Hall–Kier alpha value is -3.59. The third-order valence-corrected chi connectivity index (χ3v) is 4.56. The number of aliphatic imine (C=N–C) groups is 1. The van der Waals surface area contributed by atoms with Crippen molar-refractivity contribution in [2.45, 2.75) is 6.54 Å². The van der Waals surface area contributed by atoms with Crippen molar-refractivity contribution in [2.24, 2.45) is 4.99 Å². The predicted octanol–water partition coefficient (Wildman–Crippen LogP) is 3.03. The number of furan rings is 1. The number of benzene rings is 1. The Bertz CT molecular complexity index is 1080. The molecule has 0 atom stereocenters. The third kappa shape index (κ3) is 4.52. The molecule has 9 heteroatoms. The number of morpholine rings is 1. The van der Waals surface area contributed by atoms with Gasteiger partial charge in [0.1, 0.15) is 11.5 Å². The zero-order valence-corrected chi connectivity index (χ0v) is 16.0. The Morgan fingerprint density at radius 1 is 1.27 bits per heavy atom. The summed E-state index contributed by atoms with van der Waals surface area (Å²) in [4.78, 5) is 25.5. The molecule has 2 aromatic heterocycles. The maximum absolute atomic E-state index is 14.1. The quantitative estimate of drug-likeness (QED) is 0.623. The molecule has 8 nitrogen and oxygen atoms in total. The molecule has 1 saturated heterocycles. The summed E-state index contributed by atoms with van der Waals surface area (Å²) in [6, 6.07) is 9.97. The lowest BCUT2D eigenvalue weighted by Gasteiger charge is -2.28. The van der Waals surface area contributed by atoms with Crippen molar-refractivity contribution in [1.82, 2.24) is 9.97 Å². The van der Waals surface area contributed by atoms with Crippen molar-refractivity contribution in [1.29, 1.82) is 0 Å². The number of halogens is 1. The van der Waals surface area contributed by atoms with E-state index in [1.54, 1.807) is 30.3 Å². The van der Waals surface area contributed by atoms with Gasteiger partial charge in [-0.05, 0) is 24.3 Å². The van der Waals surface area contributed by atoms with E-state index in [1.165, 1.54) is 12.3 Å². The van der Waals surface area contributed by atoms with Gasteiger partial charge in [0, 0.05) is 18.7 Å². The second-order valence-electron chi connectivity index (χ2n) is 6.61. The number of nitrogens with zero attached hydrogens (tertiary/aromatic N) is 4. The lowest BCUT2D eigenvalue weighted by Crippen LogP contribution is -2.37. The molecule has 3 aromatic rings. The van der Waals surface area contributed by atoms with Crippen LogP contribution in [0.2, 0.25) is 0 Å². The molecule has 1 aliphatic heterocycles. The van der Waals surface area contributed by atoms with Gasteiger partial charge in [0.25, 0.3) is 0 Å². The highest BCUT2D eigenvalue weighted by atomic mass is 19.1. The molecule has 3 heterocycles. The highest BCUT2D eigenvalue weighted by Gasteiger charge is 2.17. The number of aromatic nitrogens is 2. The molecule has 0 radical (unpaired) electrons. The zero-order chi connectivity index (χ0) is 20.9. The number of rotatable bonds is 6. The molecular formula is C21H19FN4O4. The van der Waals surface area contributed by atoms with Crippen molar-refractivity contribution >= 4 is 18.0 Å². The van der Waals surface area contributed by atoms with Gasteiger partial charge >= 0.3 is 5.97 Å². The molecule has 0 saturated carbocycles. The van der Waals surface area contributed by atoms with Crippen LogP contribution in [-0.2, 0) is 11.3 Å². The van der Waals surface area contributed by atoms with Gasteiger partial charge in [-0.25, -0.2) is 19.2 Å². The van der Waals surface area contributed by atoms with Crippen LogP contribution in [0, 0.1) is 5.82 Å². The fraction of sp³-hybridized carbons (Fsp3) is 0.238. The molecule has 0 unspecified atom stereocenters. The lowest BCUT2D eigenvalue weighted by atomic mass is 10.1. The molecule has 1 aromatic carbocycles. The van der Waals surface area contributed by atoms with Gasteiger partial charge in [0.15, 0.2) is 17.5 Å². The normalized spacial score (nSPS) is 14.4. The van der Waals surface area contributed by atoms with E-state index in [9.17, 15) is 9.18 Å². The van der Waals surface area contributed by atoms with Crippen molar-refractivity contribution in [3.05, 3.63) is 65.6 Å². The Balaban J connectivity index is 1.44. The second-order valence-corrected chi connectivity index (χ2v) is 6.61. The van der Waals surface area contributed by atoms with Crippen molar-refractivity contribution in [2.75, 3.05) is 31.2 Å². The first-order valence-corrected chi connectivity index (χ1v) is 9.37. The van der Waals surface area contributed by atoms with E-state index in [0.717, 1.165) is 6.20 Å². The van der Waals surface area contributed by atoms with E-state index in [2.05, 4.69) is 15.0 Å². The molecule has 1 aliphatic rings. The second kappa shape index (κ2) is 8.83. The van der Waals surface area contributed by atoms with Gasteiger partial charge in [0.05, 0.1) is 37.7 Å². The van der Waals surface area contributed by atoms with E-state index in [0.29, 0.717) is 49.2 Å². The minimum atomic E-state index is -0.999. The summed E-state index contributed by atoms with van der Waals surface area (Å²) in [7, 11) is 0. The number of aromatic carboxylic acids is 1. The number of carboxylic acids is 1. The van der Waals surface area contributed by atoms with Crippen molar-refractivity contribution in [3.63, 3.8) is 0 Å². The van der Waals surface area contributed by atoms with Gasteiger partial charge in [0.2, 0.25) is 0 Å². The third-order valence-electron chi connectivity index (χ3n) is 4.56. The first-order chi connectivity index (χ1) is 14.6. The lowest BCUT2D eigenvalue weighted by molar-refractivity contribution is 0.0697. The van der Waals surface area contributed by atoms with Gasteiger partial charge in [-0.2, -0.15) is 0 Å². The fourth-order valence-corrected chi connectivity index (χ4v) is 3.07. The monoisotopic (exact) mass is 410 g/mol. The van der Waals surface area contributed by atoms with E-state index in [-0.39, 0.29) is 17.9 Å². The molecule has 30 heavy (non-hydrogen) atoms. The molecule has 0 spiro atoms. The van der Waals surface area contributed by atoms with Crippen LogP contribution in [0.1, 0.15) is 21.9 Å². The van der Waals surface area contributed by atoms with Crippen LogP contribution in [-0.4, -0.2) is 53.6 Å². The van der Waals surface area contributed by atoms with Gasteiger partial charge in [-0.1, -0.05) is 12.1 Å². The predicted molar refractivity (Wildman–Crippen MR) is 107 cm³/mol. The van der Waals surface area contributed by atoms with Crippen LogP contribution in [0.3, 0.4) is 0 Å². The number of anilines is 1. The Morgan fingerprint density at radius 2 is 2.10 bits per heavy atom. The van der Waals surface area contributed by atoms with Gasteiger partial charge < -0.3 is 19.2 Å². The molecule has 0 bridgehead atoms. The molecule has 154 valence electrons. The average Bonchev–Trinajstić information content (AvgIpc) is 3.24. The highest BCUT2D eigenvalue weighted by molar-refractivity contribution is 5.89. The number of carboxylic acid groups (broad SMARTS) is 1. The summed E-state index contributed by atoms with van der Waals surface area (Å²) in [5, 5.41) is 9.11. The van der Waals surface area contributed by atoms with E-state index in [1.807, 2.05) is 4.90 Å². The minimum Gasteiger partial charge on any atom is -0.478 e. The van der Waals surface area contributed by atoms with Crippen molar-refractivity contribution < 1.29 is 23.4 Å². The number of hydrogen-bond acceptors (Lipinski definition) is 7. The Labute approximate surface area is 171 Å². The van der Waals surface area contributed by atoms with E-state index < -0.39 is 11.8 Å². The van der Waals surface area contributed by atoms with Crippen LogP contribution >= 0.6 is 0 Å². The van der Waals surface area contributed by atoms with Crippen LogP contribution in [0.15, 0.2) is 52.0 Å². The molecule has 4 rings (SSSR count). The summed E-state index contributed by atoms with van der Waals surface area (Å²) in [5.41, 5.74) is 0.843. The summed E-state index contributed by atoms with van der Waals surface area (Å²) in [6.45, 7) is 2.40. The fourth-order valence-electron chi connectivity index (χ4n) is 3.07. The molecule has 1 N–H and O–H groups in total. The summed E-state index contributed by atoms with van der Waals surface area (Å²) in [6.07, 6.45) is 2.69. The molecule has 1 fully saturated rings. The van der Waals surface area contributed by atoms with E-state index >= 15 is 0 Å². The number of hydrogen-bond donors (Lipinski definition) is 1. The topological polar surface area (TPSA) is 101 Å². The first kappa shape index (κ1) is 19.7. The maximum Gasteiger partial charge on any atom is 0.335 e. The van der Waals surface area contributed by atoms with E-state index in [4.69, 9.17) is 14.3 Å². The van der Waals surface area contributed by atoms with Crippen molar-refractivity contribution in [3.8, 4) is 11.3 Å². The van der Waals surface area contributed by atoms with Crippen LogP contribution < -0.4 is 4.90 Å². The highest BCUT2D eigenvalue weighted by Crippen LogP contribution is 2.23. The smallest absolute Gasteiger partial charge is 0.335 e. The zero-order valence-electron chi connectivity index (χ0n) is 16.0. The standard InChI is InChI=1S/C21H19FN4O4/c22-17-12-24-19(25-20(17)26-6-8-29-9-7-26)13-23-11-16-4-5-18(30-16)14-2-1-3-15(10-14)21(27)28/h1-5,10-12H,6-9,13H2,(H,27,28). The summed E-state index contributed by atoms with van der Waals surface area (Å²) >= 11 is 0. The Morgan fingerprint density at radius 3 is 2.90 bits per heavy atom. The van der Waals surface area contributed by atoms with Crippen LogP contribution in [0.25, 0.3) is 11.3 Å². The molecule has 0 aliphatic carbocycles. The number of carbonyl (C=O) groups is 1. The SMILES string of the molecule is O=C(O)c1cccc(-c2ccc(C=NCc3ncc(F)c(N4CCOCC4)n3)o2)c1. The van der Waals surface area contributed by atoms with Gasteiger partial charge in [-0.15, -0.1) is 0 Å². The molecular weight excluding hydrogens is 391 g/mol. The summed E-state index contributed by atoms with van der Waals surface area (Å²) < 4.78 is 25.1. The molecule has 0 amide bonds. The van der Waals surface area contributed by atoms with Crippen LogP contribution in [0.4, 0.5) is 10.2 Å². The largest absolute Gasteiger partial charge is 0.478 e. The maximum atomic E-state index is 14.1. The summed E-state index contributed by atoms with van der Waals surface area (Å²) in [5.74, 6) is 0.227. The van der Waals surface area contributed by atoms with Gasteiger partial charge in [-0.3, -0.25) is 4.99 Å². The van der Waals surface area contributed by atoms with Crippen LogP contribution in [0.5, 0.6) is 0 Å².